The molecule has 2 fully saturated rings. The van der Waals surface area contributed by atoms with E-state index in [-0.39, 0.29) is 0 Å². The van der Waals surface area contributed by atoms with Gasteiger partial charge in [0.2, 0.25) is 0 Å². The maximum absolute atomic E-state index is 5.98. The van der Waals surface area contributed by atoms with E-state index < -0.39 is 0 Å². The average Bonchev–Trinajstić information content (AvgIpc) is 3.34. The largest absolute Gasteiger partial charge is 0.303 e. The normalized spacial score (nSPS) is 18.2. The Morgan fingerprint density at radius 1 is 1.24 bits per heavy atom. The molecular weight excluding hydrogens is 306 g/mol. The number of nitrogens with zero attached hydrogens (tertiary/aromatic N) is 5. The molecule has 2 aliphatic rings. The van der Waals surface area contributed by atoms with Crippen LogP contribution in [0.5, 0.6) is 0 Å². The minimum Gasteiger partial charge on any atom is -0.303 e. The van der Waals surface area contributed by atoms with Crippen molar-refractivity contribution in [2.24, 2.45) is 0 Å². The summed E-state index contributed by atoms with van der Waals surface area (Å²) in [5.41, 5.74) is 0.896. The van der Waals surface area contributed by atoms with Crippen molar-refractivity contribution >= 4 is 23.4 Å². The van der Waals surface area contributed by atoms with Gasteiger partial charge in [-0.3, -0.25) is 0 Å². The predicted molar refractivity (Wildman–Crippen MR) is 81.6 cm³/mol. The van der Waals surface area contributed by atoms with Gasteiger partial charge in [0.1, 0.15) is 16.8 Å². The molecule has 0 radical (unpaired) electrons. The van der Waals surface area contributed by atoms with Crippen LogP contribution in [0.1, 0.15) is 55.0 Å². The van der Waals surface area contributed by atoms with E-state index in [2.05, 4.69) is 24.7 Å². The van der Waals surface area contributed by atoms with Crippen molar-refractivity contribution in [3.05, 3.63) is 28.6 Å². The zero-order valence-corrected chi connectivity index (χ0v) is 13.4. The Morgan fingerprint density at radius 2 is 2.05 bits per heavy atom. The average molecular weight is 322 g/mol. The number of aryl methyl sites for hydroxylation is 1. The van der Waals surface area contributed by atoms with Crippen molar-refractivity contribution in [1.29, 1.82) is 0 Å². The van der Waals surface area contributed by atoms with E-state index >= 15 is 0 Å². The standard InChI is InChI=1S/C14H16ClN5S/c1-8-6-11(15)17-12(16-8)7-21-14-19-18-13(9-2-3-9)20(14)10-4-5-10/h6,9-10H,2-5,7H2,1H3. The van der Waals surface area contributed by atoms with Crippen molar-refractivity contribution in [2.75, 3.05) is 0 Å². The third kappa shape index (κ3) is 2.92. The summed E-state index contributed by atoms with van der Waals surface area (Å²) in [6.45, 7) is 1.93. The molecule has 2 aromatic heterocycles. The summed E-state index contributed by atoms with van der Waals surface area (Å²) in [7, 11) is 0. The molecule has 21 heavy (non-hydrogen) atoms. The molecule has 0 aromatic carbocycles. The van der Waals surface area contributed by atoms with Gasteiger partial charge in [-0.15, -0.1) is 10.2 Å². The maximum Gasteiger partial charge on any atom is 0.191 e. The van der Waals surface area contributed by atoms with Gasteiger partial charge in [0.15, 0.2) is 5.16 Å². The van der Waals surface area contributed by atoms with Crippen LogP contribution in [0, 0.1) is 6.92 Å². The lowest BCUT2D eigenvalue weighted by molar-refractivity contribution is 0.626. The second-order valence-corrected chi connectivity index (χ2v) is 7.08. The van der Waals surface area contributed by atoms with E-state index in [9.17, 15) is 0 Å². The lowest BCUT2D eigenvalue weighted by atomic mass is 10.4. The highest BCUT2D eigenvalue weighted by Gasteiger charge is 2.36. The van der Waals surface area contributed by atoms with Crippen LogP contribution in [-0.2, 0) is 5.75 Å². The molecule has 0 bridgehead atoms. The Bertz CT molecular complexity index is 658. The Hall–Kier alpha value is -1.14. The summed E-state index contributed by atoms with van der Waals surface area (Å²) >= 11 is 7.64. The molecule has 7 heteroatoms. The number of hydrogen-bond acceptors (Lipinski definition) is 5. The fraction of sp³-hybridized carbons (Fsp3) is 0.571. The van der Waals surface area contributed by atoms with Crippen LogP contribution >= 0.6 is 23.4 Å². The van der Waals surface area contributed by atoms with E-state index in [4.69, 9.17) is 11.6 Å². The highest BCUT2D eigenvalue weighted by atomic mass is 35.5. The zero-order valence-electron chi connectivity index (χ0n) is 11.8. The first kappa shape index (κ1) is 13.5. The van der Waals surface area contributed by atoms with Crippen LogP contribution < -0.4 is 0 Å². The van der Waals surface area contributed by atoms with E-state index in [1.807, 2.05) is 6.92 Å². The summed E-state index contributed by atoms with van der Waals surface area (Å²) in [4.78, 5) is 8.69. The van der Waals surface area contributed by atoms with Gasteiger partial charge in [0.25, 0.3) is 0 Å². The van der Waals surface area contributed by atoms with E-state index in [0.717, 1.165) is 16.7 Å². The van der Waals surface area contributed by atoms with Crippen molar-refractivity contribution in [3.8, 4) is 0 Å². The molecule has 110 valence electrons. The topological polar surface area (TPSA) is 56.5 Å². The van der Waals surface area contributed by atoms with Gasteiger partial charge in [-0.2, -0.15) is 0 Å². The van der Waals surface area contributed by atoms with Crippen LogP contribution in [0.3, 0.4) is 0 Å². The molecule has 5 nitrogen and oxygen atoms in total. The number of rotatable bonds is 5. The molecule has 0 amide bonds. The van der Waals surface area contributed by atoms with Crippen LogP contribution in [-0.4, -0.2) is 24.7 Å². The summed E-state index contributed by atoms with van der Waals surface area (Å²) in [5.74, 6) is 3.25. The molecule has 0 N–H and O–H groups in total. The van der Waals surface area contributed by atoms with Crippen LogP contribution in [0.25, 0.3) is 0 Å². The van der Waals surface area contributed by atoms with Crippen molar-refractivity contribution in [3.63, 3.8) is 0 Å². The Kier molecular flexibility index (Phi) is 3.38. The van der Waals surface area contributed by atoms with Crippen molar-refractivity contribution in [2.45, 2.75) is 55.5 Å². The molecule has 0 atom stereocenters. The van der Waals surface area contributed by atoms with Crippen LogP contribution in [0.15, 0.2) is 11.2 Å². The first-order chi connectivity index (χ1) is 10.2. The molecule has 2 aromatic rings. The molecule has 0 aliphatic heterocycles. The quantitative estimate of drug-likeness (QED) is 0.623. The number of halogens is 1. The minimum atomic E-state index is 0.500. The number of hydrogen-bond donors (Lipinski definition) is 0. The predicted octanol–water partition coefficient (Wildman–Crippen LogP) is 3.53. The molecular formula is C14H16ClN5S. The summed E-state index contributed by atoms with van der Waals surface area (Å²) < 4.78 is 2.35. The molecule has 0 unspecified atom stereocenters. The van der Waals surface area contributed by atoms with Gasteiger partial charge in [0, 0.05) is 17.7 Å². The summed E-state index contributed by atoms with van der Waals surface area (Å²) in [5, 5.41) is 10.3. The molecule has 2 heterocycles. The van der Waals surface area contributed by atoms with Gasteiger partial charge < -0.3 is 4.57 Å². The van der Waals surface area contributed by atoms with Gasteiger partial charge in [-0.25, -0.2) is 9.97 Å². The highest BCUT2D eigenvalue weighted by molar-refractivity contribution is 7.98. The molecule has 2 saturated carbocycles. The molecule has 0 spiro atoms. The summed E-state index contributed by atoms with van der Waals surface area (Å²) in [6, 6.07) is 2.38. The minimum absolute atomic E-state index is 0.500. The Morgan fingerprint density at radius 3 is 2.71 bits per heavy atom. The van der Waals surface area contributed by atoms with E-state index in [1.54, 1.807) is 17.8 Å². The van der Waals surface area contributed by atoms with Crippen molar-refractivity contribution in [1.82, 2.24) is 24.7 Å². The zero-order chi connectivity index (χ0) is 14.4. The number of aromatic nitrogens is 5. The van der Waals surface area contributed by atoms with Gasteiger partial charge >= 0.3 is 0 Å². The fourth-order valence-corrected chi connectivity index (χ4v) is 3.59. The first-order valence-corrected chi connectivity index (χ1v) is 8.64. The smallest absolute Gasteiger partial charge is 0.191 e. The van der Waals surface area contributed by atoms with Crippen molar-refractivity contribution < 1.29 is 0 Å². The molecule has 0 saturated heterocycles. The monoisotopic (exact) mass is 321 g/mol. The fourth-order valence-electron chi connectivity index (χ4n) is 2.47. The number of thioether (sulfide) groups is 1. The second-order valence-electron chi connectivity index (χ2n) is 5.75. The third-order valence-corrected chi connectivity index (χ3v) is 4.88. The molecule has 4 rings (SSSR count). The van der Waals surface area contributed by atoms with Crippen LogP contribution in [0.4, 0.5) is 0 Å². The van der Waals surface area contributed by atoms with E-state index in [1.165, 1.54) is 31.5 Å². The van der Waals surface area contributed by atoms with Crippen LogP contribution in [0.2, 0.25) is 5.15 Å². The van der Waals surface area contributed by atoms with Gasteiger partial charge in [0.05, 0.1) is 5.75 Å². The Balaban J connectivity index is 1.54. The summed E-state index contributed by atoms with van der Waals surface area (Å²) in [6.07, 6.45) is 5.01. The van der Waals surface area contributed by atoms with E-state index in [0.29, 0.717) is 22.9 Å². The highest BCUT2D eigenvalue weighted by Crippen LogP contribution is 2.46. The molecule has 2 aliphatic carbocycles. The maximum atomic E-state index is 5.98. The first-order valence-electron chi connectivity index (χ1n) is 7.28. The second kappa shape index (κ2) is 5.25. The lowest BCUT2D eigenvalue weighted by Crippen LogP contribution is -2.02. The van der Waals surface area contributed by atoms with Gasteiger partial charge in [-0.05, 0) is 38.7 Å². The SMILES string of the molecule is Cc1cc(Cl)nc(CSc2nnc(C3CC3)n2C2CC2)n1. The lowest BCUT2D eigenvalue weighted by Gasteiger charge is -2.07. The third-order valence-electron chi connectivity index (χ3n) is 3.75. The Labute approximate surface area is 132 Å². The van der Waals surface area contributed by atoms with Gasteiger partial charge in [-0.1, -0.05) is 23.4 Å².